The van der Waals surface area contributed by atoms with Gasteiger partial charge in [0.05, 0.1) is 10.4 Å². The Bertz CT molecular complexity index is 824. The van der Waals surface area contributed by atoms with E-state index in [2.05, 4.69) is 9.97 Å². The molecule has 3 heterocycles. The van der Waals surface area contributed by atoms with Crippen LogP contribution in [0.25, 0.3) is 22.1 Å². The molecular weight excluding hydrogens is 278 g/mol. The second-order valence-corrected chi connectivity index (χ2v) is 5.37. The molecule has 0 radical (unpaired) electrons. The number of fused-ring (bicyclic) bond motifs is 3. The predicted molar refractivity (Wildman–Crippen MR) is 78.9 cm³/mol. The Morgan fingerprint density at radius 3 is 2.85 bits per heavy atom. The Morgan fingerprint density at radius 2 is 2.10 bits per heavy atom. The van der Waals surface area contributed by atoms with E-state index in [1.54, 1.807) is 6.07 Å². The fourth-order valence-corrected chi connectivity index (χ4v) is 2.80. The van der Waals surface area contributed by atoms with Crippen LogP contribution in [0.3, 0.4) is 0 Å². The van der Waals surface area contributed by atoms with E-state index in [9.17, 15) is 0 Å². The summed E-state index contributed by atoms with van der Waals surface area (Å²) in [7, 11) is 0. The molecule has 102 valence electrons. The molecule has 7 heteroatoms. The minimum atomic E-state index is 0.161. The minimum Gasteiger partial charge on any atom is -0.450 e. The number of hydrogen-bond acceptors (Lipinski definition) is 6. The van der Waals surface area contributed by atoms with E-state index >= 15 is 0 Å². The van der Waals surface area contributed by atoms with Gasteiger partial charge in [0, 0.05) is 19.1 Å². The van der Waals surface area contributed by atoms with E-state index in [0.29, 0.717) is 27.5 Å². The van der Waals surface area contributed by atoms with Crippen LogP contribution in [0.4, 0.5) is 11.8 Å². The molecule has 0 atom stereocenters. The summed E-state index contributed by atoms with van der Waals surface area (Å²) in [6, 6.07) is 5.65. The molecule has 0 amide bonds. The molecule has 1 aromatic carbocycles. The van der Waals surface area contributed by atoms with E-state index in [0.717, 1.165) is 18.5 Å². The number of rotatable bonds is 1. The van der Waals surface area contributed by atoms with Gasteiger partial charge in [-0.05, 0) is 12.1 Å². The molecule has 4 rings (SSSR count). The molecule has 0 aliphatic carbocycles. The number of aromatic nitrogens is 2. The Hall–Kier alpha value is -2.05. The van der Waals surface area contributed by atoms with E-state index in [-0.39, 0.29) is 12.0 Å². The molecule has 0 saturated carbocycles. The fourth-order valence-electron chi connectivity index (χ4n) is 2.55. The van der Waals surface area contributed by atoms with Crippen LogP contribution in [0.5, 0.6) is 0 Å². The SMILES string of the molecule is Nc1nc(N2CC(N)C2)c2oc3cccc(Cl)c3c2n1. The second-order valence-electron chi connectivity index (χ2n) is 4.96. The monoisotopic (exact) mass is 289 g/mol. The number of nitrogen functional groups attached to an aromatic ring is 1. The third-order valence-corrected chi connectivity index (χ3v) is 3.81. The molecule has 1 saturated heterocycles. The lowest BCUT2D eigenvalue weighted by atomic mass is 10.1. The Balaban J connectivity index is 2.05. The third-order valence-electron chi connectivity index (χ3n) is 3.50. The van der Waals surface area contributed by atoms with Gasteiger partial charge < -0.3 is 20.8 Å². The van der Waals surface area contributed by atoms with Crippen LogP contribution in [-0.2, 0) is 0 Å². The summed E-state index contributed by atoms with van der Waals surface area (Å²) >= 11 is 6.24. The molecule has 3 aromatic rings. The van der Waals surface area contributed by atoms with Crippen molar-refractivity contribution in [1.82, 2.24) is 9.97 Å². The van der Waals surface area contributed by atoms with Crippen molar-refractivity contribution in [3.63, 3.8) is 0 Å². The Kier molecular flexibility index (Phi) is 2.33. The van der Waals surface area contributed by atoms with E-state index in [1.807, 2.05) is 17.0 Å². The zero-order valence-corrected chi connectivity index (χ0v) is 11.3. The van der Waals surface area contributed by atoms with Crippen molar-refractivity contribution in [1.29, 1.82) is 0 Å². The van der Waals surface area contributed by atoms with Gasteiger partial charge in [-0.1, -0.05) is 17.7 Å². The van der Waals surface area contributed by atoms with Gasteiger partial charge in [-0.2, -0.15) is 4.98 Å². The van der Waals surface area contributed by atoms with Crippen LogP contribution in [0.2, 0.25) is 5.02 Å². The highest BCUT2D eigenvalue weighted by Gasteiger charge is 2.28. The van der Waals surface area contributed by atoms with Crippen LogP contribution < -0.4 is 16.4 Å². The molecule has 6 nitrogen and oxygen atoms in total. The summed E-state index contributed by atoms with van der Waals surface area (Å²) in [4.78, 5) is 10.6. The summed E-state index contributed by atoms with van der Waals surface area (Å²) in [5.41, 5.74) is 13.6. The highest BCUT2D eigenvalue weighted by Crippen LogP contribution is 2.37. The van der Waals surface area contributed by atoms with E-state index in [1.165, 1.54) is 0 Å². The molecule has 1 fully saturated rings. The van der Waals surface area contributed by atoms with Crippen molar-refractivity contribution in [3.8, 4) is 0 Å². The first-order valence-corrected chi connectivity index (χ1v) is 6.66. The van der Waals surface area contributed by atoms with Crippen LogP contribution in [-0.4, -0.2) is 29.1 Å². The molecular formula is C13H12ClN5O. The smallest absolute Gasteiger partial charge is 0.222 e. The number of nitrogens with two attached hydrogens (primary N) is 2. The fraction of sp³-hybridized carbons (Fsp3) is 0.231. The third kappa shape index (κ3) is 1.55. The molecule has 0 unspecified atom stereocenters. The maximum Gasteiger partial charge on any atom is 0.222 e. The molecule has 20 heavy (non-hydrogen) atoms. The lowest BCUT2D eigenvalue weighted by Crippen LogP contribution is -2.56. The summed E-state index contributed by atoms with van der Waals surface area (Å²) in [5, 5.41) is 1.36. The lowest BCUT2D eigenvalue weighted by Gasteiger charge is -2.37. The summed E-state index contributed by atoms with van der Waals surface area (Å²) < 4.78 is 5.86. The van der Waals surface area contributed by atoms with Gasteiger partial charge >= 0.3 is 0 Å². The number of anilines is 2. The molecule has 1 aliphatic heterocycles. The van der Waals surface area contributed by atoms with Gasteiger partial charge in [-0.25, -0.2) is 4.98 Å². The number of halogens is 1. The summed E-state index contributed by atoms with van der Waals surface area (Å²) in [6.07, 6.45) is 0. The predicted octanol–water partition coefficient (Wildman–Crippen LogP) is 1.76. The summed E-state index contributed by atoms with van der Waals surface area (Å²) in [5.74, 6) is 0.886. The minimum absolute atomic E-state index is 0.161. The average Bonchev–Trinajstić information content (AvgIpc) is 2.74. The topological polar surface area (TPSA) is 94.2 Å². The van der Waals surface area contributed by atoms with Crippen molar-refractivity contribution < 1.29 is 4.42 Å². The molecule has 4 N–H and O–H groups in total. The van der Waals surface area contributed by atoms with Gasteiger partial charge in [-0.15, -0.1) is 0 Å². The van der Waals surface area contributed by atoms with Gasteiger partial charge in [0.2, 0.25) is 5.95 Å². The second kappa shape index (κ2) is 3.97. The van der Waals surface area contributed by atoms with Crippen molar-refractivity contribution in [2.75, 3.05) is 23.7 Å². The largest absolute Gasteiger partial charge is 0.450 e. The quantitative estimate of drug-likeness (QED) is 0.709. The molecule has 2 aromatic heterocycles. The van der Waals surface area contributed by atoms with Gasteiger partial charge in [0.1, 0.15) is 11.1 Å². The highest BCUT2D eigenvalue weighted by molar-refractivity contribution is 6.37. The van der Waals surface area contributed by atoms with Crippen molar-refractivity contribution >= 4 is 45.4 Å². The van der Waals surface area contributed by atoms with Gasteiger partial charge in [0.25, 0.3) is 0 Å². The number of benzene rings is 1. The molecule has 1 aliphatic rings. The van der Waals surface area contributed by atoms with Crippen LogP contribution in [0.15, 0.2) is 22.6 Å². The maximum atomic E-state index is 6.24. The number of furan rings is 1. The van der Waals surface area contributed by atoms with Crippen molar-refractivity contribution in [3.05, 3.63) is 23.2 Å². The number of nitrogens with zero attached hydrogens (tertiary/aromatic N) is 3. The van der Waals surface area contributed by atoms with Gasteiger partial charge in [0.15, 0.2) is 11.4 Å². The lowest BCUT2D eigenvalue weighted by molar-refractivity contribution is 0.512. The highest BCUT2D eigenvalue weighted by atomic mass is 35.5. The zero-order chi connectivity index (χ0) is 13.9. The first-order chi connectivity index (χ1) is 9.63. The Morgan fingerprint density at radius 1 is 1.30 bits per heavy atom. The van der Waals surface area contributed by atoms with Crippen LogP contribution in [0, 0.1) is 0 Å². The van der Waals surface area contributed by atoms with Crippen molar-refractivity contribution in [2.24, 2.45) is 5.73 Å². The van der Waals surface area contributed by atoms with Crippen molar-refractivity contribution in [2.45, 2.75) is 6.04 Å². The normalized spacial score (nSPS) is 16.0. The summed E-state index contributed by atoms with van der Waals surface area (Å²) in [6.45, 7) is 1.46. The molecule has 0 spiro atoms. The van der Waals surface area contributed by atoms with Gasteiger partial charge in [-0.3, -0.25) is 0 Å². The van der Waals surface area contributed by atoms with E-state index < -0.39 is 0 Å². The first-order valence-electron chi connectivity index (χ1n) is 6.28. The zero-order valence-electron chi connectivity index (χ0n) is 10.5. The average molecular weight is 290 g/mol. The number of hydrogen-bond donors (Lipinski definition) is 2. The first kappa shape index (κ1) is 11.7. The maximum absolute atomic E-state index is 6.24. The van der Waals surface area contributed by atoms with Crippen LogP contribution in [0.1, 0.15) is 0 Å². The Labute approximate surface area is 119 Å². The standard InChI is InChI=1S/C13H12ClN5O/c14-7-2-1-3-8-9(7)10-11(20-8)12(18-13(16)17-10)19-4-6(15)5-19/h1-3,6H,4-5,15H2,(H2,16,17,18). The molecule has 0 bridgehead atoms. The van der Waals surface area contributed by atoms with Crippen LogP contribution >= 0.6 is 11.6 Å². The van der Waals surface area contributed by atoms with E-state index in [4.69, 9.17) is 27.5 Å².